The van der Waals surface area contributed by atoms with Crippen molar-refractivity contribution in [3.63, 3.8) is 0 Å². The lowest BCUT2D eigenvalue weighted by molar-refractivity contribution is 0.249. The van der Waals surface area contributed by atoms with Gasteiger partial charge in [-0.2, -0.15) is 5.10 Å². The summed E-state index contributed by atoms with van der Waals surface area (Å²) in [6, 6.07) is 9.12. The first-order valence-corrected chi connectivity index (χ1v) is 6.30. The Balaban J connectivity index is 1.98. The van der Waals surface area contributed by atoms with Crippen LogP contribution < -0.4 is 15.9 Å². The van der Waals surface area contributed by atoms with Crippen LogP contribution in [0.2, 0.25) is 0 Å². The topological polar surface area (TPSA) is 76.7 Å². The number of hydrogen-bond donors (Lipinski definition) is 2. The Hall–Kier alpha value is -2.96. The van der Waals surface area contributed by atoms with E-state index in [1.54, 1.807) is 18.2 Å². The summed E-state index contributed by atoms with van der Waals surface area (Å²) >= 11 is 0. The molecule has 0 spiro atoms. The number of ether oxygens (including phenoxy) is 1. The molecule has 114 valence electrons. The minimum absolute atomic E-state index is 0.0596. The number of primary amides is 1. The van der Waals surface area contributed by atoms with Gasteiger partial charge in [-0.15, -0.1) is 0 Å². The van der Waals surface area contributed by atoms with Crippen LogP contribution in [0.25, 0.3) is 0 Å². The second-order valence-electron chi connectivity index (χ2n) is 4.34. The van der Waals surface area contributed by atoms with E-state index in [1.165, 1.54) is 30.5 Å². The fourth-order valence-electron chi connectivity index (χ4n) is 1.63. The first-order valence-electron chi connectivity index (χ1n) is 6.30. The highest BCUT2D eigenvalue weighted by Gasteiger charge is 2.05. The number of halogens is 2. The molecule has 0 unspecified atom stereocenters. The van der Waals surface area contributed by atoms with E-state index in [0.29, 0.717) is 5.56 Å². The zero-order chi connectivity index (χ0) is 15.9. The van der Waals surface area contributed by atoms with Gasteiger partial charge in [0.05, 0.1) is 6.21 Å². The zero-order valence-corrected chi connectivity index (χ0v) is 11.4. The molecule has 3 N–H and O–H groups in total. The van der Waals surface area contributed by atoms with E-state index in [-0.39, 0.29) is 18.2 Å². The first-order chi connectivity index (χ1) is 10.5. The third-order valence-corrected chi connectivity index (χ3v) is 2.65. The largest absolute Gasteiger partial charge is 0.486 e. The third-order valence-electron chi connectivity index (χ3n) is 2.65. The summed E-state index contributed by atoms with van der Waals surface area (Å²) in [5.41, 5.74) is 7.99. The van der Waals surface area contributed by atoms with Crippen LogP contribution in [0.5, 0.6) is 5.75 Å². The summed E-state index contributed by atoms with van der Waals surface area (Å²) in [5, 5.41) is 3.52. The smallest absolute Gasteiger partial charge is 0.332 e. The standard InChI is InChI=1S/C15H13F2N3O2/c16-12-4-1-10(2-5-12)9-22-14-6-3-11(7-13(14)17)8-19-20-15(18)21/h1-8H,9H2,(H3,18,20,21). The van der Waals surface area contributed by atoms with Crippen molar-refractivity contribution in [3.05, 3.63) is 65.2 Å². The lowest BCUT2D eigenvalue weighted by Crippen LogP contribution is -2.24. The predicted octanol–water partition coefficient (Wildman–Crippen LogP) is 2.55. The molecule has 2 rings (SSSR count). The number of rotatable bonds is 5. The zero-order valence-electron chi connectivity index (χ0n) is 11.4. The molecule has 0 fully saturated rings. The van der Waals surface area contributed by atoms with Crippen LogP contribution in [0.4, 0.5) is 13.6 Å². The second-order valence-corrected chi connectivity index (χ2v) is 4.34. The van der Waals surface area contributed by atoms with Crippen molar-refractivity contribution in [1.29, 1.82) is 0 Å². The normalized spacial score (nSPS) is 10.6. The van der Waals surface area contributed by atoms with Gasteiger partial charge in [0.1, 0.15) is 12.4 Å². The Morgan fingerprint density at radius 2 is 1.95 bits per heavy atom. The Labute approximate surface area is 125 Å². The highest BCUT2D eigenvalue weighted by molar-refractivity contribution is 5.81. The van der Waals surface area contributed by atoms with Gasteiger partial charge in [0, 0.05) is 0 Å². The van der Waals surface area contributed by atoms with Crippen molar-refractivity contribution >= 4 is 12.2 Å². The van der Waals surface area contributed by atoms with E-state index in [1.807, 2.05) is 5.43 Å². The molecule has 2 aromatic carbocycles. The number of urea groups is 1. The van der Waals surface area contributed by atoms with Gasteiger partial charge >= 0.3 is 6.03 Å². The summed E-state index contributed by atoms with van der Waals surface area (Å²) in [6.45, 7) is 0.119. The number of carbonyl (C=O) groups excluding carboxylic acids is 1. The Morgan fingerprint density at radius 3 is 2.59 bits per heavy atom. The summed E-state index contributed by atoms with van der Waals surface area (Å²) in [5.74, 6) is -0.863. The quantitative estimate of drug-likeness (QED) is 0.658. The molecule has 0 bridgehead atoms. The average molecular weight is 305 g/mol. The number of nitrogens with one attached hydrogen (secondary N) is 1. The molecule has 0 aromatic heterocycles. The predicted molar refractivity (Wildman–Crippen MR) is 77.4 cm³/mol. The van der Waals surface area contributed by atoms with E-state index in [4.69, 9.17) is 10.5 Å². The number of benzene rings is 2. The molecule has 22 heavy (non-hydrogen) atoms. The molecule has 0 atom stereocenters. The molecule has 0 saturated carbocycles. The van der Waals surface area contributed by atoms with Crippen LogP contribution in [0.1, 0.15) is 11.1 Å². The minimum Gasteiger partial charge on any atom is -0.486 e. The highest BCUT2D eigenvalue weighted by Crippen LogP contribution is 2.19. The Kier molecular flexibility index (Phi) is 5.02. The molecule has 2 aromatic rings. The number of amides is 2. The Bertz CT molecular complexity index is 688. The highest BCUT2D eigenvalue weighted by atomic mass is 19.1. The van der Waals surface area contributed by atoms with Crippen molar-refractivity contribution in [2.24, 2.45) is 10.8 Å². The first kappa shape index (κ1) is 15.4. The number of carbonyl (C=O) groups is 1. The van der Waals surface area contributed by atoms with E-state index in [0.717, 1.165) is 5.56 Å². The van der Waals surface area contributed by atoms with Crippen molar-refractivity contribution in [2.75, 3.05) is 0 Å². The number of hydrogen-bond acceptors (Lipinski definition) is 3. The van der Waals surface area contributed by atoms with E-state index >= 15 is 0 Å². The Morgan fingerprint density at radius 1 is 1.23 bits per heavy atom. The van der Waals surface area contributed by atoms with Gasteiger partial charge in [-0.1, -0.05) is 12.1 Å². The van der Waals surface area contributed by atoms with Gasteiger partial charge in [-0.05, 0) is 41.5 Å². The van der Waals surface area contributed by atoms with Crippen LogP contribution in [-0.4, -0.2) is 12.2 Å². The summed E-state index contributed by atoms with van der Waals surface area (Å²) in [6.07, 6.45) is 1.25. The van der Waals surface area contributed by atoms with Crippen LogP contribution in [-0.2, 0) is 6.61 Å². The fourth-order valence-corrected chi connectivity index (χ4v) is 1.63. The number of nitrogens with two attached hydrogens (primary N) is 1. The fraction of sp³-hybridized carbons (Fsp3) is 0.0667. The molecule has 0 heterocycles. The van der Waals surface area contributed by atoms with Crippen LogP contribution in [0.15, 0.2) is 47.6 Å². The molecule has 7 heteroatoms. The minimum atomic E-state index is -0.809. The van der Waals surface area contributed by atoms with Crippen molar-refractivity contribution in [3.8, 4) is 5.75 Å². The monoisotopic (exact) mass is 305 g/mol. The SMILES string of the molecule is NC(=O)NN=Cc1ccc(OCc2ccc(F)cc2)c(F)c1. The van der Waals surface area contributed by atoms with Crippen molar-refractivity contribution in [2.45, 2.75) is 6.61 Å². The molecule has 0 aliphatic carbocycles. The van der Waals surface area contributed by atoms with Gasteiger partial charge in [0.2, 0.25) is 0 Å². The molecular weight excluding hydrogens is 292 g/mol. The molecule has 0 aliphatic rings. The molecule has 0 radical (unpaired) electrons. The van der Waals surface area contributed by atoms with E-state index in [9.17, 15) is 13.6 Å². The summed E-state index contributed by atoms with van der Waals surface area (Å²) in [7, 11) is 0. The molecule has 2 amide bonds. The maximum absolute atomic E-state index is 13.8. The van der Waals surface area contributed by atoms with Gasteiger partial charge in [0.15, 0.2) is 11.6 Å². The maximum atomic E-state index is 13.8. The molecular formula is C15H13F2N3O2. The lowest BCUT2D eigenvalue weighted by atomic mass is 10.2. The lowest BCUT2D eigenvalue weighted by Gasteiger charge is -2.07. The van der Waals surface area contributed by atoms with Crippen LogP contribution in [0, 0.1) is 11.6 Å². The molecule has 5 nitrogen and oxygen atoms in total. The van der Waals surface area contributed by atoms with Crippen LogP contribution >= 0.6 is 0 Å². The summed E-state index contributed by atoms with van der Waals surface area (Å²) in [4.78, 5) is 10.4. The number of hydrazone groups is 1. The third kappa shape index (κ3) is 4.55. The van der Waals surface area contributed by atoms with E-state index < -0.39 is 11.8 Å². The summed E-state index contributed by atoms with van der Waals surface area (Å²) < 4.78 is 31.9. The van der Waals surface area contributed by atoms with E-state index in [2.05, 4.69) is 5.10 Å². The van der Waals surface area contributed by atoms with Gasteiger partial charge in [-0.3, -0.25) is 0 Å². The van der Waals surface area contributed by atoms with Crippen molar-refractivity contribution < 1.29 is 18.3 Å². The van der Waals surface area contributed by atoms with Gasteiger partial charge in [0.25, 0.3) is 0 Å². The van der Waals surface area contributed by atoms with Crippen molar-refractivity contribution in [1.82, 2.24) is 5.43 Å². The maximum Gasteiger partial charge on any atom is 0.332 e. The average Bonchev–Trinajstić information content (AvgIpc) is 2.48. The number of nitrogens with zero attached hydrogens (tertiary/aromatic N) is 1. The van der Waals surface area contributed by atoms with Gasteiger partial charge in [-0.25, -0.2) is 19.0 Å². The molecule has 0 aliphatic heterocycles. The molecule has 0 saturated heterocycles. The van der Waals surface area contributed by atoms with Crippen LogP contribution in [0.3, 0.4) is 0 Å². The second kappa shape index (κ2) is 7.16. The van der Waals surface area contributed by atoms with Gasteiger partial charge < -0.3 is 10.5 Å².